The highest BCUT2D eigenvalue weighted by Gasteiger charge is 2.27. The second-order valence-electron chi connectivity index (χ2n) is 5.95. The van der Waals surface area contributed by atoms with Crippen molar-refractivity contribution in [3.8, 4) is 22.6 Å². The normalized spacial score (nSPS) is 11.4. The van der Waals surface area contributed by atoms with E-state index in [2.05, 4.69) is 0 Å². The highest BCUT2D eigenvalue weighted by Crippen LogP contribution is 2.44. The third-order valence-electron chi connectivity index (χ3n) is 3.34. The SMILES string of the molecule is CC(C)(C)c1c(O)ccc(O)c1-c1ccccc1C(=O)O. The van der Waals surface area contributed by atoms with Crippen molar-refractivity contribution in [2.75, 3.05) is 0 Å². The van der Waals surface area contributed by atoms with Gasteiger partial charge in [-0.1, -0.05) is 39.0 Å². The lowest BCUT2D eigenvalue weighted by molar-refractivity contribution is 0.0697. The highest BCUT2D eigenvalue weighted by molar-refractivity contribution is 5.98. The standard InChI is InChI=1S/C17H18O4/c1-17(2,3)15-13(19)9-8-12(18)14(15)10-6-4-5-7-11(10)16(20)21/h4-9,18-19H,1-3H3,(H,20,21). The van der Waals surface area contributed by atoms with Crippen LogP contribution >= 0.6 is 0 Å². The molecule has 0 saturated carbocycles. The largest absolute Gasteiger partial charge is 0.508 e. The fraction of sp³-hybridized carbons (Fsp3) is 0.235. The first-order valence-corrected chi connectivity index (χ1v) is 6.61. The number of benzene rings is 2. The number of aromatic carboxylic acids is 1. The summed E-state index contributed by atoms with van der Waals surface area (Å²) in [6.45, 7) is 5.69. The average Bonchev–Trinajstić information content (AvgIpc) is 2.39. The molecule has 0 spiro atoms. The summed E-state index contributed by atoms with van der Waals surface area (Å²) < 4.78 is 0. The molecule has 0 bridgehead atoms. The van der Waals surface area contributed by atoms with Gasteiger partial charge >= 0.3 is 5.97 Å². The van der Waals surface area contributed by atoms with Gasteiger partial charge in [-0.05, 0) is 23.6 Å². The number of aromatic hydroxyl groups is 2. The Labute approximate surface area is 123 Å². The van der Waals surface area contributed by atoms with Crippen molar-refractivity contribution in [3.05, 3.63) is 47.5 Å². The molecule has 0 amide bonds. The maximum absolute atomic E-state index is 11.4. The first kappa shape index (κ1) is 14.9. The number of carboxylic acids is 1. The van der Waals surface area contributed by atoms with E-state index in [1.165, 1.54) is 18.2 Å². The Morgan fingerprint density at radius 2 is 1.52 bits per heavy atom. The van der Waals surface area contributed by atoms with Gasteiger partial charge in [-0.3, -0.25) is 0 Å². The number of hydrogen-bond acceptors (Lipinski definition) is 3. The quantitative estimate of drug-likeness (QED) is 0.734. The molecule has 0 saturated heterocycles. The Morgan fingerprint density at radius 1 is 0.952 bits per heavy atom. The molecule has 4 nitrogen and oxygen atoms in total. The molecule has 4 heteroatoms. The van der Waals surface area contributed by atoms with Crippen LogP contribution in [0.3, 0.4) is 0 Å². The third kappa shape index (κ3) is 2.70. The molecule has 0 unspecified atom stereocenters. The Balaban J connectivity index is 2.88. The van der Waals surface area contributed by atoms with Crippen molar-refractivity contribution in [2.24, 2.45) is 0 Å². The number of phenolic OH excluding ortho intramolecular Hbond substituents is 2. The van der Waals surface area contributed by atoms with Gasteiger partial charge in [0.05, 0.1) is 5.56 Å². The molecule has 3 N–H and O–H groups in total. The zero-order valence-electron chi connectivity index (χ0n) is 12.2. The predicted molar refractivity (Wildman–Crippen MR) is 80.9 cm³/mol. The van der Waals surface area contributed by atoms with Gasteiger partial charge in [0.1, 0.15) is 11.5 Å². The minimum atomic E-state index is -1.08. The number of carboxylic acid groups (broad SMARTS) is 1. The Hall–Kier alpha value is -2.49. The van der Waals surface area contributed by atoms with Gasteiger partial charge in [0.2, 0.25) is 0 Å². The predicted octanol–water partition coefficient (Wildman–Crippen LogP) is 3.76. The lowest BCUT2D eigenvalue weighted by atomic mass is 9.80. The smallest absolute Gasteiger partial charge is 0.336 e. The summed E-state index contributed by atoms with van der Waals surface area (Å²) in [7, 11) is 0. The summed E-state index contributed by atoms with van der Waals surface area (Å²) in [5, 5.41) is 29.8. The first-order valence-electron chi connectivity index (χ1n) is 6.61. The van der Waals surface area contributed by atoms with Crippen molar-refractivity contribution < 1.29 is 20.1 Å². The van der Waals surface area contributed by atoms with Crippen LogP contribution in [0, 0.1) is 0 Å². The Morgan fingerprint density at radius 3 is 2.10 bits per heavy atom. The van der Waals surface area contributed by atoms with E-state index in [0.29, 0.717) is 16.7 Å². The van der Waals surface area contributed by atoms with Gasteiger partial charge in [-0.25, -0.2) is 4.79 Å². The zero-order chi connectivity index (χ0) is 15.8. The van der Waals surface area contributed by atoms with E-state index in [4.69, 9.17) is 0 Å². The lowest BCUT2D eigenvalue weighted by Gasteiger charge is -2.25. The van der Waals surface area contributed by atoms with Crippen molar-refractivity contribution in [1.29, 1.82) is 0 Å². The molecule has 0 aliphatic rings. The van der Waals surface area contributed by atoms with Crippen LogP contribution in [0.1, 0.15) is 36.7 Å². The van der Waals surface area contributed by atoms with Crippen LogP contribution in [0.25, 0.3) is 11.1 Å². The number of carbonyl (C=O) groups is 1. The molecular formula is C17H18O4. The summed E-state index contributed by atoms with van der Waals surface area (Å²) in [6.07, 6.45) is 0. The molecule has 0 fully saturated rings. The summed E-state index contributed by atoms with van der Waals surface area (Å²) in [5.74, 6) is -1.09. The van der Waals surface area contributed by atoms with Crippen LogP contribution in [0.4, 0.5) is 0 Å². The molecule has 0 aliphatic heterocycles. The maximum atomic E-state index is 11.4. The zero-order valence-corrected chi connectivity index (χ0v) is 12.2. The molecule has 0 atom stereocenters. The van der Waals surface area contributed by atoms with Gasteiger partial charge in [-0.15, -0.1) is 0 Å². The second-order valence-corrected chi connectivity index (χ2v) is 5.95. The fourth-order valence-corrected chi connectivity index (χ4v) is 2.50. The van der Waals surface area contributed by atoms with Crippen molar-refractivity contribution in [3.63, 3.8) is 0 Å². The number of phenols is 2. The summed E-state index contributed by atoms with van der Waals surface area (Å²) in [4.78, 5) is 11.4. The first-order chi connectivity index (χ1) is 9.73. The molecule has 2 rings (SSSR count). The number of rotatable bonds is 2. The van der Waals surface area contributed by atoms with Crippen LogP contribution in [-0.2, 0) is 5.41 Å². The van der Waals surface area contributed by atoms with Crippen molar-refractivity contribution >= 4 is 5.97 Å². The van der Waals surface area contributed by atoms with Crippen molar-refractivity contribution in [1.82, 2.24) is 0 Å². The van der Waals surface area contributed by atoms with E-state index in [1.807, 2.05) is 20.8 Å². The van der Waals surface area contributed by atoms with Gasteiger partial charge in [-0.2, -0.15) is 0 Å². The number of hydrogen-bond donors (Lipinski definition) is 3. The molecule has 0 heterocycles. The Bertz CT molecular complexity index is 696. The van der Waals surface area contributed by atoms with E-state index >= 15 is 0 Å². The van der Waals surface area contributed by atoms with E-state index in [9.17, 15) is 20.1 Å². The molecule has 110 valence electrons. The monoisotopic (exact) mass is 286 g/mol. The third-order valence-corrected chi connectivity index (χ3v) is 3.34. The maximum Gasteiger partial charge on any atom is 0.336 e. The molecule has 0 radical (unpaired) electrons. The summed E-state index contributed by atoms with van der Waals surface area (Å²) in [6, 6.07) is 9.24. The fourth-order valence-electron chi connectivity index (χ4n) is 2.50. The minimum Gasteiger partial charge on any atom is -0.508 e. The summed E-state index contributed by atoms with van der Waals surface area (Å²) in [5.41, 5.74) is 0.910. The lowest BCUT2D eigenvalue weighted by Crippen LogP contribution is -2.14. The average molecular weight is 286 g/mol. The highest BCUT2D eigenvalue weighted by atomic mass is 16.4. The minimum absolute atomic E-state index is 0.0375. The van der Waals surface area contributed by atoms with E-state index in [-0.39, 0.29) is 17.1 Å². The summed E-state index contributed by atoms with van der Waals surface area (Å²) >= 11 is 0. The van der Waals surface area contributed by atoms with Crippen LogP contribution in [0.5, 0.6) is 11.5 Å². The second kappa shape index (κ2) is 5.13. The van der Waals surface area contributed by atoms with Gasteiger partial charge in [0.15, 0.2) is 0 Å². The van der Waals surface area contributed by atoms with Crippen LogP contribution in [-0.4, -0.2) is 21.3 Å². The van der Waals surface area contributed by atoms with Gasteiger partial charge < -0.3 is 15.3 Å². The molecule has 2 aromatic rings. The van der Waals surface area contributed by atoms with E-state index < -0.39 is 11.4 Å². The van der Waals surface area contributed by atoms with E-state index in [0.717, 1.165) is 0 Å². The topological polar surface area (TPSA) is 77.8 Å². The molecule has 2 aromatic carbocycles. The van der Waals surface area contributed by atoms with Crippen LogP contribution in [0.15, 0.2) is 36.4 Å². The molecule has 0 aliphatic carbocycles. The molecular weight excluding hydrogens is 268 g/mol. The van der Waals surface area contributed by atoms with Crippen LogP contribution < -0.4 is 0 Å². The molecule has 0 aromatic heterocycles. The van der Waals surface area contributed by atoms with Crippen LogP contribution in [0.2, 0.25) is 0 Å². The van der Waals surface area contributed by atoms with Gasteiger partial charge in [0, 0.05) is 16.7 Å². The van der Waals surface area contributed by atoms with Crippen molar-refractivity contribution in [2.45, 2.75) is 26.2 Å². The Kier molecular flexibility index (Phi) is 3.64. The van der Waals surface area contributed by atoms with E-state index in [1.54, 1.807) is 18.2 Å². The molecule has 21 heavy (non-hydrogen) atoms. The van der Waals surface area contributed by atoms with Gasteiger partial charge in [0.25, 0.3) is 0 Å².